The number of aliphatic carboxylic acids is 1. The van der Waals surface area contributed by atoms with Crippen molar-refractivity contribution in [3.05, 3.63) is 85.1 Å². The van der Waals surface area contributed by atoms with Gasteiger partial charge in [-0.25, -0.2) is 4.79 Å². The van der Waals surface area contributed by atoms with Crippen LogP contribution in [0.25, 0.3) is 0 Å². The number of unbranched alkanes of at least 4 members (excludes halogenated alkanes) is 23. The van der Waals surface area contributed by atoms with Crippen LogP contribution in [0, 0.1) is 0 Å². The summed E-state index contributed by atoms with van der Waals surface area (Å²) in [6.07, 6.45) is 55.4. The first-order chi connectivity index (χ1) is 37.6. The SMILES string of the molecule is CC/C=C\C/C=C\C/C=C\C/C=C\CCCCCCC(=O)OCC(COC1OC(C(=O)O)C(O)C(O)C1OC(=O)CCCCCCCCCCCCCCC)OC(=O)CCCCCCCCC/C=C\C/C=C\C/C=C\CC. The molecule has 1 rings (SSSR count). The highest BCUT2D eigenvalue weighted by Gasteiger charge is 2.50. The lowest BCUT2D eigenvalue weighted by atomic mass is 9.98. The summed E-state index contributed by atoms with van der Waals surface area (Å²) in [6, 6.07) is 0. The van der Waals surface area contributed by atoms with Crippen molar-refractivity contribution in [2.45, 2.75) is 289 Å². The van der Waals surface area contributed by atoms with Gasteiger partial charge in [-0.2, -0.15) is 0 Å². The third-order valence-corrected chi connectivity index (χ3v) is 13.5. The maximum Gasteiger partial charge on any atom is 0.335 e. The molecule has 0 bridgehead atoms. The molecule has 3 N–H and O–H groups in total. The van der Waals surface area contributed by atoms with Crippen LogP contribution < -0.4 is 0 Å². The predicted molar refractivity (Wildman–Crippen MR) is 312 cm³/mol. The zero-order chi connectivity index (χ0) is 56.1. The van der Waals surface area contributed by atoms with Gasteiger partial charge in [0.1, 0.15) is 18.8 Å². The van der Waals surface area contributed by atoms with Crippen LogP contribution in [0.4, 0.5) is 0 Å². The Morgan fingerprint density at radius 3 is 1.25 bits per heavy atom. The number of rotatable bonds is 51. The van der Waals surface area contributed by atoms with Crippen LogP contribution in [0.3, 0.4) is 0 Å². The molecule has 6 unspecified atom stereocenters. The number of aliphatic hydroxyl groups is 2. The van der Waals surface area contributed by atoms with Gasteiger partial charge in [0.25, 0.3) is 0 Å². The second-order valence-electron chi connectivity index (χ2n) is 20.6. The molecule has 0 saturated carbocycles. The Balaban J connectivity index is 2.71. The number of aliphatic hydroxyl groups excluding tert-OH is 2. The second-order valence-corrected chi connectivity index (χ2v) is 20.6. The Morgan fingerprint density at radius 2 is 0.818 bits per heavy atom. The van der Waals surface area contributed by atoms with E-state index in [4.69, 9.17) is 23.7 Å². The number of esters is 3. The smallest absolute Gasteiger partial charge is 0.335 e. The van der Waals surface area contributed by atoms with E-state index in [-0.39, 0.29) is 25.9 Å². The minimum absolute atomic E-state index is 0.0569. The Kier molecular flexibility index (Phi) is 48.4. The van der Waals surface area contributed by atoms with E-state index < -0.39 is 67.3 Å². The summed E-state index contributed by atoms with van der Waals surface area (Å²) in [4.78, 5) is 51.2. The van der Waals surface area contributed by atoms with Gasteiger partial charge < -0.3 is 39.0 Å². The lowest BCUT2D eigenvalue weighted by Crippen LogP contribution is -2.61. The Bertz CT molecular complexity index is 1660. The molecule has 0 aromatic heterocycles. The third-order valence-electron chi connectivity index (χ3n) is 13.5. The third kappa shape index (κ3) is 42.5. The number of allylic oxidation sites excluding steroid dienone is 14. The van der Waals surface area contributed by atoms with E-state index in [0.717, 1.165) is 141 Å². The molecule has 77 heavy (non-hydrogen) atoms. The molecule has 1 heterocycles. The highest BCUT2D eigenvalue weighted by atomic mass is 16.7. The number of ether oxygens (including phenoxy) is 5. The van der Waals surface area contributed by atoms with Crippen molar-refractivity contribution in [3.8, 4) is 0 Å². The van der Waals surface area contributed by atoms with Gasteiger partial charge >= 0.3 is 23.9 Å². The molecule has 1 saturated heterocycles. The number of hydrogen-bond donors (Lipinski definition) is 3. The summed E-state index contributed by atoms with van der Waals surface area (Å²) in [6.45, 7) is 5.75. The largest absolute Gasteiger partial charge is 0.479 e. The molecule has 1 aliphatic rings. The van der Waals surface area contributed by atoms with Gasteiger partial charge in [0.05, 0.1) is 6.61 Å². The van der Waals surface area contributed by atoms with Gasteiger partial charge in [-0.05, 0) is 89.9 Å². The summed E-state index contributed by atoms with van der Waals surface area (Å²) in [5.74, 6) is -3.16. The molecular weight excluding hydrogens is 973 g/mol. The Labute approximate surface area is 467 Å². The van der Waals surface area contributed by atoms with Crippen molar-refractivity contribution in [2.24, 2.45) is 0 Å². The molecule has 0 aliphatic carbocycles. The van der Waals surface area contributed by atoms with Crippen LogP contribution >= 0.6 is 0 Å². The van der Waals surface area contributed by atoms with Crippen molar-refractivity contribution in [2.75, 3.05) is 13.2 Å². The predicted octanol–water partition coefficient (Wildman–Crippen LogP) is 15.9. The topological polar surface area (TPSA) is 175 Å². The summed E-state index contributed by atoms with van der Waals surface area (Å²) in [5, 5.41) is 31.5. The highest BCUT2D eigenvalue weighted by molar-refractivity contribution is 5.74. The second kappa shape index (κ2) is 52.6. The lowest BCUT2D eigenvalue weighted by molar-refractivity contribution is -0.301. The summed E-state index contributed by atoms with van der Waals surface area (Å²) in [5.41, 5.74) is 0. The monoisotopic (exact) mass is 1080 g/mol. The van der Waals surface area contributed by atoms with Gasteiger partial charge in [-0.1, -0.05) is 228 Å². The van der Waals surface area contributed by atoms with E-state index >= 15 is 0 Å². The molecular formula is C65H108O12. The number of carbonyl (C=O) groups excluding carboxylic acids is 3. The van der Waals surface area contributed by atoms with Crippen LogP contribution in [0.2, 0.25) is 0 Å². The van der Waals surface area contributed by atoms with Crippen molar-refractivity contribution < 1.29 is 58.2 Å². The van der Waals surface area contributed by atoms with Gasteiger partial charge in [-0.3, -0.25) is 14.4 Å². The van der Waals surface area contributed by atoms with E-state index in [0.29, 0.717) is 19.3 Å². The number of carboxylic acid groups (broad SMARTS) is 1. The van der Waals surface area contributed by atoms with Crippen molar-refractivity contribution in [1.82, 2.24) is 0 Å². The Morgan fingerprint density at radius 1 is 0.442 bits per heavy atom. The molecule has 6 atom stereocenters. The standard InChI is InChI=1S/C65H108O12/c1-4-7-10-13-16-19-22-25-27-29-31-34-36-39-42-45-48-51-57(66)73-54-56(75-58(67)52-49-46-43-40-38-35-32-30-28-26-23-20-17-14-11-8-5-2)55-74-65-63(61(70)60(69)62(77-65)64(71)72)76-59(68)53-50-47-44-41-37-33-24-21-18-15-12-9-6-3/h7-8,10-11,16-17,19-20,25-28,31,34,56,60-63,65,69-70H,4-6,9,12-15,18,21-24,29-30,32-33,35-55H2,1-3H3,(H,71,72)/b10-7-,11-8-,19-16-,20-17-,27-25-,28-26-,34-31-. The zero-order valence-electron chi connectivity index (χ0n) is 48.4. The van der Waals surface area contributed by atoms with Crippen molar-refractivity contribution in [1.29, 1.82) is 0 Å². The highest BCUT2D eigenvalue weighted by Crippen LogP contribution is 2.26. The van der Waals surface area contributed by atoms with Crippen LogP contribution in [0.15, 0.2) is 85.1 Å². The maximum absolute atomic E-state index is 13.2. The zero-order valence-corrected chi connectivity index (χ0v) is 48.4. The number of hydrogen-bond acceptors (Lipinski definition) is 11. The molecule has 12 nitrogen and oxygen atoms in total. The first-order valence-corrected chi connectivity index (χ1v) is 30.6. The fourth-order valence-corrected chi connectivity index (χ4v) is 8.84. The van der Waals surface area contributed by atoms with Gasteiger partial charge in [-0.15, -0.1) is 0 Å². The first-order valence-electron chi connectivity index (χ1n) is 30.6. The molecule has 0 amide bonds. The van der Waals surface area contributed by atoms with E-state index in [2.05, 4.69) is 106 Å². The van der Waals surface area contributed by atoms with Crippen LogP contribution in [-0.2, 0) is 42.9 Å². The number of carboxylic acids is 1. The van der Waals surface area contributed by atoms with Gasteiger partial charge in [0, 0.05) is 19.3 Å². The van der Waals surface area contributed by atoms with E-state index in [1.165, 1.54) is 51.4 Å². The molecule has 0 spiro atoms. The lowest BCUT2D eigenvalue weighted by Gasteiger charge is -2.40. The average Bonchev–Trinajstić information content (AvgIpc) is 3.42. The van der Waals surface area contributed by atoms with E-state index in [1.807, 2.05) is 0 Å². The molecule has 440 valence electrons. The van der Waals surface area contributed by atoms with Gasteiger partial charge in [0.15, 0.2) is 24.6 Å². The average molecular weight is 1080 g/mol. The Hall–Kier alpha value is -4.10. The first kappa shape index (κ1) is 70.9. The van der Waals surface area contributed by atoms with Crippen LogP contribution in [-0.4, -0.2) is 89.2 Å². The minimum atomic E-state index is -1.91. The minimum Gasteiger partial charge on any atom is -0.479 e. The molecule has 0 aromatic rings. The van der Waals surface area contributed by atoms with Crippen LogP contribution in [0.5, 0.6) is 0 Å². The van der Waals surface area contributed by atoms with E-state index in [1.54, 1.807) is 0 Å². The summed E-state index contributed by atoms with van der Waals surface area (Å²) in [7, 11) is 0. The maximum atomic E-state index is 13.2. The number of carbonyl (C=O) groups is 4. The van der Waals surface area contributed by atoms with Crippen molar-refractivity contribution >= 4 is 23.9 Å². The molecule has 0 radical (unpaired) electrons. The fourth-order valence-electron chi connectivity index (χ4n) is 8.84. The molecule has 12 heteroatoms. The molecule has 0 aromatic carbocycles. The molecule has 1 fully saturated rings. The van der Waals surface area contributed by atoms with Gasteiger partial charge in [0.2, 0.25) is 0 Å². The molecule has 1 aliphatic heterocycles. The van der Waals surface area contributed by atoms with Crippen LogP contribution in [0.1, 0.15) is 252 Å². The normalized spacial score (nSPS) is 18.6. The summed E-state index contributed by atoms with van der Waals surface area (Å²) < 4.78 is 28.4. The van der Waals surface area contributed by atoms with Crippen molar-refractivity contribution in [3.63, 3.8) is 0 Å². The quantitative estimate of drug-likeness (QED) is 0.0228. The summed E-state index contributed by atoms with van der Waals surface area (Å²) >= 11 is 0. The fraction of sp³-hybridized carbons (Fsp3) is 0.723. The van der Waals surface area contributed by atoms with E-state index in [9.17, 15) is 34.5 Å².